The Balaban J connectivity index is 1.67. The van der Waals surface area contributed by atoms with Gasteiger partial charge >= 0.3 is 5.97 Å². The molecule has 206 valence electrons. The number of aromatic nitrogens is 1. The highest BCUT2D eigenvalue weighted by Crippen LogP contribution is 2.36. The van der Waals surface area contributed by atoms with E-state index in [1.54, 1.807) is 13.2 Å². The average molecular weight is 569 g/mol. The Bertz CT molecular complexity index is 1290. The molecule has 0 saturated heterocycles. The molecule has 2 aromatic carbocycles. The van der Waals surface area contributed by atoms with Crippen molar-refractivity contribution in [3.63, 3.8) is 0 Å². The number of esters is 1. The third-order valence-electron chi connectivity index (χ3n) is 6.90. The molecule has 1 heterocycles. The molecule has 7 heteroatoms. The SMILES string of the molecule is COc1ccc(C(=Cc2c(Cl)cncc2Cl)OC(=O)[C@@H](C)c2ccc(CC(C)C)cc2)cc1OC1CCCC1. The maximum atomic E-state index is 13.4. The molecule has 0 N–H and O–H groups in total. The fourth-order valence-corrected chi connectivity index (χ4v) is 5.19. The van der Waals surface area contributed by atoms with Gasteiger partial charge in [0, 0.05) is 23.5 Å². The number of hydrogen-bond donors (Lipinski definition) is 0. The molecule has 4 rings (SSSR count). The van der Waals surface area contributed by atoms with Crippen molar-refractivity contribution in [2.45, 2.75) is 64.9 Å². The summed E-state index contributed by atoms with van der Waals surface area (Å²) < 4.78 is 17.9. The Morgan fingerprint density at radius 1 is 1.00 bits per heavy atom. The van der Waals surface area contributed by atoms with Gasteiger partial charge in [0.15, 0.2) is 11.5 Å². The van der Waals surface area contributed by atoms with Gasteiger partial charge in [0.05, 0.1) is 29.2 Å². The van der Waals surface area contributed by atoms with Crippen LogP contribution in [0.4, 0.5) is 0 Å². The number of carbonyl (C=O) groups excluding carboxylic acids is 1. The van der Waals surface area contributed by atoms with E-state index >= 15 is 0 Å². The standard InChI is InChI=1S/C32H35Cl2NO4/c1-20(2)15-22-9-11-23(12-10-22)21(3)32(36)39-30(17-26-27(33)18-35-19-28(26)34)24-13-14-29(37-4)31(16-24)38-25-7-5-6-8-25/h9-14,16-21,25H,5-8,15H2,1-4H3/t21-/m0/s1. The summed E-state index contributed by atoms with van der Waals surface area (Å²) in [6, 6.07) is 13.6. The molecule has 1 aliphatic carbocycles. The van der Waals surface area contributed by atoms with E-state index in [2.05, 4.69) is 31.0 Å². The smallest absolute Gasteiger partial charge is 0.318 e. The summed E-state index contributed by atoms with van der Waals surface area (Å²) in [6.07, 6.45) is 10.1. The summed E-state index contributed by atoms with van der Waals surface area (Å²) in [5.74, 6) is 1.20. The van der Waals surface area contributed by atoms with Crippen molar-refractivity contribution in [3.05, 3.63) is 87.2 Å². The third kappa shape index (κ3) is 7.55. The zero-order chi connectivity index (χ0) is 27.9. The average Bonchev–Trinajstić information content (AvgIpc) is 3.43. The number of ether oxygens (including phenoxy) is 3. The van der Waals surface area contributed by atoms with E-state index in [0.717, 1.165) is 37.7 Å². The van der Waals surface area contributed by atoms with Crippen LogP contribution in [0.25, 0.3) is 11.8 Å². The molecule has 0 amide bonds. The van der Waals surface area contributed by atoms with E-state index < -0.39 is 11.9 Å². The predicted molar refractivity (Wildman–Crippen MR) is 157 cm³/mol. The molecule has 1 saturated carbocycles. The van der Waals surface area contributed by atoms with Gasteiger partial charge in [-0.25, -0.2) is 0 Å². The van der Waals surface area contributed by atoms with E-state index in [1.807, 2.05) is 37.3 Å². The van der Waals surface area contributed by atoms with Crippen molar-refractivity contribution in [3.8, 4) is 11.5 Å². The fraction of sp³-hybridized carbons (Fsp3) is 0.375. The molecule has 3 aromatic rings. The van der Waals surface area contributed by atoms with Gasteiger partial charge in [-0.3, -0.25) is 9.78 Å². The van der Waals surface area contributed by atoms with Gasteiger partial charge in [-0.05, 0) is 80.3 Å². The number of hydrogen-bond acceptors (Lipinski definition) is 5. The normalized spacial score (nSPS) is 14.9. The van der Waals surface area contributed by atoms with Gasteiger partial charge in [-0.2, -0.15) is 0 Å². The number of carbonyl (C=O) groups is 1. The highest BCUT2D eigenvalue weighted by molar-refractivity contribution is 6.37. The second-order valence-electron chi connectivity index (χ2n) is 10.4. The van der Waals surface area contributed by atoms with Crippen LogP contribution in [0, 0.1) is 5.92 Å². The maximum absolute atomic E-state index is 13.4. The number of methoxy groups -OCH3 is 1. The van der Waals surface area contributed by atoms with Crippen molar-refractivity contribution < 1.29 is 19.0 Å². The Morgan fingerprint density at radius 2 is 1.67 bits per heavy atom. The van der Waals surface area contributed by atoms with Crippen LogP contribution in [-0.4, -0.2) is 24.2 Å². The second-order valence-corrected chi connectivity index (χ2v) is 11.2. The zero-order valence-electron chi connectivity index (χ0n) is 22.9. The lowest BCUT2D eigenvalue weighted by Gasteiger charge is -2.19. The van der Waals surface area contributed by atoms with Crippen molar-refractivity contribution in [1.29, 1.82) is 0 Å². The minimum absolute atomic E-state index is 0.131. The van der Waals surface area contributed by atoms with Gasteiger partial charge < -0.3 is 14.2 Å². The first-order valence-electron chi connectivity index (χ1n) is 13.4. The lowest BCUT2D eigenvalue weighted by molar-refractivity contribution is -0.137. The first-order chi connectivity index (χ1) is 18.7. The van der Waals surface area contributed by atoms with Crippen LogP contribution >= 0.6 is 23.2 Å². The Kier molecular flexibility index (Phi) is 9.93. The van der Waals surface area contributed by atoms with Gasteiger partial charge in [-0.1, -0.05) is 61.3 Å². The summed E-state index contributed by atoms with van der Waals surface area (Å²) in [7, 11) is 1.61. The topological polar surface area (TPSA) is 57.7 Å². The fourth-order valence-electron chi connectivity index (χ4n) is 4.72. The molecule has 0 unspecified atom stereocenters. The molecule has 0 bridgehead atoms. The first kappa shape index (κ1) is 29.0. The Labute approximate surface area is 241 Å². The molecule has 0 radical (unpaired) electrons. The van der Waals surface area contributed by atoms with Crippen LogP contribution in [0.1, 0.15) is 74.6 Å². The monoisotopic (exact) mass is 567 g/mol. The maximum Gasteiger partial charge on any atom is 0.318 e. The number of benzene rings is 2. The minimum atomic E-state index is -0.489. The van der Waals surface area contributed by atoms with Crippen LogP contribution in [0.3, 0.4) is 0 Å². The van der Waals surface area contributed by atoms with E-state index in [-0.39, 0.29) is 6.10 Å². The number of halogens is 2. The lowest BCUT2D eigenvalue weighted by atomic mass is 9.97. The van der Waals surface area contributed by atoms with Gasteiger partial charge in [0.25, 0.3) is 0 Å². The molecule has 1 fully saturated rings. The van der Waals surface area contributed by atoms with Gasteiger partial charge in [-0.15, -0.1) is 0 Å². The van der Waals surface area contributed by atoms with E-state index in [0.29, 0.717) is 44.3 Å². The van der Waals surface area contributed by atoms with Crippen molar-refractivity contribution >= 4 is 41.0 Å². The van der Waals surface area contributed by atoms with Crippen molar-refractivity contribution in [1.82, 2.24) is 4.98 Å². The summed E-state index contributed by atoms with van der Waals surface area (Å²) in [5, 5.41) is 0.696. The molecule has 39 heavy (non-hydrogen) atoms. The number of pyridine rings is 1. The molecule has 1 aromatic heterocycles. The minimum Gasteiger partial charge on any atom is -0.493 e. The number of nitrogens with zero attached hydrogens (tertiary/aromatic N) is 1. The largest absolute Gasteiger partial charge is 0.493 e. The van der Waals surface area contributed by atoms with Crippen LogP contribution in [0.15, 0.2) is 54.9 Å². The Hall–Kier alpha value is -3.02. The second kappa shape index (κ2) is 13.4. The molecule has 0 spiro atoms. The van der Waals surface area contributed by atoms with Gasteiger partial charge in [0.2, 0.25) is 0 Å². The summed E-state index contributed by atoms with van der Waals surface area (Å²) in [5.41, 5.74) is 3.27. The highest BCUT2D eigenvalue weighted by atomic mass is 35.5. The van der Waals surface area contributed by atoms with Crippen molar-refractivity contribution in [2.75, 3.05) is 7.11 Å². The quantitative estimate of drug-likeness (QED) is 0.181. The van der Waals surface area contributed by atoms with Crippen LogP contribution in [0.5, 0.6) is 11.5 Å². The van der Waals surface area contributed by atoms with Crippen LogP contribution in [-0.2, 0) is 16.0 Å². The van der Waals surface area contributed by atoms with Crippen molar-refractivity contribution in [2.24, 2.45) is 5.92 Å². The summed E-state index contributed by atoms with van der Waals surface area (Å²) in [4.78, 5) is 17.5. The van der Waals surface area contributed by atoms with E-state index in [4.69, 9.17) is 37.4 Å². The predicted octanol–water partition coefficient (Wildman–Crippen LogP) is 8.76. The van der Waals surface area contributed by atoms with Crippen LogP contribution in [0.2, 0.25) is 10.0 Å². The van der Waals surface area contributed by atoms with Crippen LogP contribution < -0.4 is 9.47 Å². The Morgan fingerprint density at radius 3 is 2.28 bits per heavy atom. The molecular weight excluding hydrogens is 533 g/mol. The number of rotatable bonds is 10. The molecule has 0 aliphatic heterocycles. The molecule has 1 atom stereocenters. The zero-order valence-corrected chi connectivity index (χ0v) is 24.4. The highest BCUT2D eigenvalue weighted by Gasteiger charge is 2.23. The molecular formula is C32H35Cl2NO4. The van der Waals surface area contributed by atoms with Gasteiger partial charge in [0.1, 0.15) is 5.76 Å². The summed E-state index contributed by atoms with van der Waals surface area (Å²) in [6.45, 7) is 6.21. The molecule has 5 nitrogen and oxygen atoms in total. The lowest BCUT2D eigenvalue weighted by Crippen LogP contribution is -2.14. The van der Waals surface area contributed by atoms with E-state index in [9.17, 15) is 4.79 Å². The first-order valence-corrected chi connectivity index (χ1v) is 14.2. The van der Waals surface area contributed by atoms with E-state index in [1.165, 1.54) is 18.0 Å². The molecule has 1 aliphatic rings. The summed E-state index contributed by atoms with van der Waals surface area (Å²) >= 11 is 12.8. The third-order valence-corrected chi connectivity index (χ3v) is 7.50.